The first-order valence-corrected chi connectivity index (χ1v) is 3.80. The summed E-state index contributed by atoms with van der Waals surface area (Å²) >= 11 is 0. The first-order valence-electron chi connectivity index (χ1n) is 3.80. The summed E-state index contributed by atoms with van der Waals surface area (Å²) in [5, 5.41) is 1.13. The highest BCUT2D eigenvalue weighted by atomic mass is 19.1. The molecule has 0 bridgehead atoms. The van der Waals surface area contributed by atoms with Crippen molar-refractivity contribution in [3.05, 3.63) is 42.0 Å². The third-order valence-electron chi connectivity index (χ3n) is 1.91. The van der Waals surface area contributed by atoms with E-state index < -0.39 is 5.82 Å². The van der Waals surface area contributed by atoms with E-state index in [1.54, 1.807) is 18.3 Å². The van der Waals surface area contributed by atoms with Crippen LogP contribution in [0.3, 0.4) is 0 Å². The Labute approximate surface area is 74.0 Å². The Bertz CT molecular complexity index is 467. The maximum atomic E-state index is 13.4. The van der Waals surface area contributed by atoms with Crippen molar-refractivity contribution >= 4 is 17.1 Å². The molecule has 0 saturated heterocycles. The predicted octanol–water partition coefficient (Wildman–Crippen LogP) is 2.19. The molecular formula is C10H6FNO. The molecule has 0 atom stereocenters. The molecule has 0 amide bonds. The Morgan fingerprint density at radius 3 is 2.92 bits per heavy atom. The fourth-order valence-electron chi connectivity index (χ4n) is 1.24. The van der Waals surface area contributed by atoms with Crippen LogP contribution in [-0.2, 0) is 0 Å². The van der Waals surface area contributed by atoms with Crippen LogP contribution in [0.25, 0.3) is 10.8 Å². The van der Waals surface area contributed by atoms with E-state index >= 15 is 0 Å². The summed E-state index contributed by atoms with van der Waals surface area (Å²) in [5.74, 6) is -0.477. The van der Waals surface area contributed by atoms with E-state index in [2.05, 4.69) is 4.98 Å². The molecule has 0 spiro atoms. The second kappa shape index (κ2) is 2.94. The van der Waals surface area contributed by atoms with Gasteiger partial charge in [0.2, 0.25) is 0 Å². The number of pyridine rings is 1. The van der Waals surface area contributed by atoms with Crippen LogP contribution in [0.4, 0.5) is 4.39 Å². The van der Waals surface area contributed by atoms with E-state index in [0.29, 0.717) is 17.1 Å². The molecule has 0 N–H and O–H groups in total. The minimum atomic E-state index is -0.477. The lowest BCUT2D eigenvalue weighted by Crippen LogP contribution is -1.89. The van der Waals surface area contributed by atoms with Crippen molar-refractivity contribution in [2.75, 3.05) is 0 Å². The van der Waals surface area contributed by atoms with E-state index in [4.69, 9.17) is 0 Å². The molecule has 0 radical (unpaired) electrons. The molecule has 0 unspecified atom stereocenters. The van der Waals surface area contributed by atoms with Gasteiger partial charge >= 0.3 is 0 Å². The van der Waals surface area contributed by atoms with Crippen LogP contribution in [0.15, 0.2) is 30.6 Å². The minimum absolute atomic E-state index is 0.0821. The average molecular weight is 175 g/mol. The zero-order chi connectivity index (χ0) is 9.26. The van der Waals surface area contributed by atoms with Crippen LogP contribution < -0.4 is 0 Å². The fraction of sp³-hybridized carbons (Fsp3) is 0. The first-order chi connectivity index (χ1) is 6.33. The van der Waals surface area contributed by atoms with Gasteiger partial charge in [-0.25, -0.2) is 4.39 Å². The lowest BCUT2D eigenvalue weighted by atomic mass is 10.1. The van der Waals surface area contributed by atoms with Crippen LogP contribution in [0, 0.1) is 5.82 Å². The lowest BCUT2D eigenvalue weighted by Gasteiger charge is -1.99. The fourth-order valence-corrected chi connectivity index (χ4v) is 1.24. The van der Waals surface area contributed by atoms with Gasteiger partial charge in [-0.15, -0.1) is 0 Å². The number of carbonyl (C=O) groups is 1. The summed E-state index contributed by atoms with van der Waals surface area (Å²) in [4.78, 5) is 14.3. The van der Waals surface area contributed by atoms with Crippen molar-refractivity contribution in [2.45, 2.75) is 0 Å². The SMILES string of the molecule is O=Cc1ccc2cnccc2c1F. The molecule has 0 aliphatic carbocycles. The summed E-state index contributed by atoms with van der Waals surface area (Å²) in [7, 11) is 0. The van der Waals surface area contributed by atoms with Crippen molar-refractivity contribution in [3.63, 3.8) is 0 Å². The maximum Gasteiger partial charge on any atom is 0.153 e. The van der Waals surface area contributed by atoms with Crippen LogP contribution >= 0.6 is 0 Å². The first kappa shape index (κ1) is 7.86. The molecular weight excluding hydrogens is 169 g/mol. The highest BCUT2D eigenvalue weighted by Gasteiger charge is 2.05. The molecule has 1 aromatic heterocycles. The summed E-state index contributed by atoms with van der Waals surface area (Å²) in [5.41, 5.74) is 0.0821. The van der Waals surface area contributed by atoms with Crippen LogP contribution in [0.1, 0.15) is 10.4 Å². The number of aromatic nitrogens is 1. The molecule has 1 heterocycles. The molecule has 1 aromatic carbocycles. The molecule has 0 saturated carbocycles. The van der Waals surface area contributed by atoms with Crippen molar-refractivity contribution in [1.29, 1.82) is 0 Å². The molecule has 0 fully saturated rings. The number of halogens is 1. The van der Waals surface area contributed by atoms with Crippen LogP contribution in [0.2, 0.25) is 0 Å². The van der Waals surface area contributed by atoms with Gasteiger partial charge in [0, 0.05) is 23.2 Å². The van der Waals surface area contributed by atoms with Gasteiger partial charge in [-0.1, -0.05) is 6.07 Å². The largest absolute Gasteiger partial charge is 0.298 e. The molecule has 64 valence electrons. The quantitative estimate of drug-likeness (QED) is 0.622. The Balaban J connectivity index is 2.86. The molecule has 0 aliphatic rings. The molecule has 0 aliphatic heterocycles. The van der Waals surface area contributed by atoms with Gasteiger partial charge in [0.05, 0.1) is 5.56 Å². The van der Waals surface area contributed by atoms with Gasteiger partial charge in [0.25, 0.3) is 0 Å². The molecule has 2 nitrogen and oxygen atoms in total. The highest BCUT2D eigenvalue weighted by molar-refractivity contribution is 5.89. The van der Waals surface area contributed by atoms with Gasteiger partial charge < -0.3 is 0 Å². The Kier molecular flexibility index (Phi) is 1.77. The van der Waals surface area contributed by atoms with Gasteiger partial charge in [-0.2, -0.15) is 0 Å². The number of rotatable bonds is 1. The normalized spacial score (nSPS) is 10.2. The van der Waals surface area contributed by atoms with Crippen molar-refractivity contribution in [2.24, 2.45) is 0 Å². The third kappa shape index (κ3) is 1.18. The van der Waals surface area contributed by atoms with E-state index in [0.717, 1.165) is 0 Å². The van der Waals surface area contributed by atoms with E-state index in [1.165, 1.54) is 12.3 Å². The van der Waals surface area contributed by atoms with Crippen molar-refractivity contribution in [1.82, 2.24) is 4.98 Å². The zero-order valence-corrected chi connectivity index (χ0v) is 6.70. The molecule has 2 rings (SSSR count). The zero-order valence-electron chi connectivity index (χ0n) is 6.70. The van der Waals surface area contributed by atoms with Gasteiger partial charge in [0.15, 0.2) is 6.29 Å². The molecule has 3 heteroatoms. The summed E-state index contributed by atoms with van der Waals surface area (Å²) in [6.07, 6.45) is 3.57. The smallest absolute Gasteiger partial charge is 0.153 e. The van der Waals surface area contributed by atoms with Crippen LogP contribution in [0.5, 0.6) is 0 Å². The number of aldehydes is 1. The number of hydrogen-bond acceptors (Lipinski definition) is 2. The molecule has 2 aromatic rings. The lowest BCUT2D eigenvalue weighted by molar-refractivity contribution is 0.112. The third-order valence-corrected chi connectivity index (χ3v) is 1.91. The van der Waals surface area contributed by atoms with E-state index in [9.17, 15) is 9.18 Å². The van der Waals surface area contributed by atoms with Crippen molar-refractivity contribution < 1.29 is 9.18 Å². The summed E-state index contributed by atoms with van der Waals surface area (Å²) in [6, 6.07) is 4.68. The summed E-state index contributed by atoms with van der Waals surface area (Å²) < 4.78 is 13.4. The second-order valence-corrected chi connectivity index (χ2v) is 2.68. The number of carbonyl (C=O) groups excluding carboxylic acids is 1. The highest BCUT2D eigenvalue weighted by Crippen LogP contribution is 2.18. The Hall–Kier alpha value is -1.77. The average Bonchev–Trinajstić information content (AvgIpc) is 2.19. The Morgan fingerprint density at radius 2 is 2.15 bits per heavy atom. The van der Waals surface area contributed by atoms with Crippen LogP contribution in [-0.4, -0.2) is 11.3 Å². The van der Waals surface area contributed by atoms with Gasteiger partial charge in [-0.05, 0) is 12.1 Å². The number of benzene rings is 1. The summed E-state index contributed by atoms with van der Waals surface area (Å²) in [6.45, 7) is 0. The van der Waals surface area contributed by atoms with E-state index in [-0.39, 0.29) is 5.56 Å². The predicted molar refractivity (Wildman–Crippen MR) is 47.1 cm³/mol. The topological polar surface area (TPSA) is 30.0 Å². The molecule has 13 heavy (non-hydrogen) atoms. The minimum Gasteiger partial charge on any atom is -0.298 e. The number of hydrogen-bond donors (Lipinski definition) is 0. The number of nitrogens with zero attached hydrogens (tertiary/aromatic N) is 1. The maximum absolute atomic E-state index is 13.4. The van der Waals surface area contributed by atoms with Crippen molar-refractivity contribution in [3.8, 4) is 0 Å². The van der Waals surface area contributed by atoms with Gasteiger partial charge in [0.1, 0.15) is 5.82 Å². The monoisotopic (exact) mass is 175 g/mol. The standard InChI is InChI=1S/C10H6FNO/c11-10-8(6-13)2-1-7-5-12-4-3-9(7)10/h1-6H. The second-order valence-electron chi connectivity index (χ2n) is 2.68. The Morgan fingerprint density at radius 1 is 1.31 bits per heavy atom. The van der Waals surface area contributed by atoms with Gasteiger partial charge in [-0.3, -0.25) is 9.78 Å². The van der Waals surface area contributed by atoms with E-state index in [1.807, 2.05) is 0 Å². The number of fused-ring (bicyclic) bond motifs is 1.